The van der Waals surface area contributed by atoms with E-state index in [0.717, 1.165) is 51.1 Å². The molecular weight excluding hydrogens is 266 g/mol. The molecule has 21 heavy (non-hydrogen) atoms. The predicted octanol–water partition coefficient (Wildman–Crippen LogP) is 2.06. The molecular formula is C16H25N3O2. The minimum atomic E-state index is 0.146. The van der Waals surface area contributed by atoms with Gasteiger partial charge in [0.1, 0.15) is 0 Å². The topological polar surface area (TPSA) is 47.4 Å². The Morgan fingerprint density at radius 2 is 2.24 bits per heavy atom. The fraction of sp³-hybridized carbons (Fsp3) is 0.750. The second-order valence-corrected chi connectivity index (χ2v) is 6.33. The number of aryl methyl sites for hydroxylation is 2. The molecule has 0 aliphatic carbocycles. The third-order valence-corrected chi connectivity index (χ3v) is 4.61. The van der Waals surface area contributed by atoms with Crippen molar-refractivity contribution >= 4 is 5.91 Å². The van der Waals surface area contributed by atoms with E-state index < -0.39 is 0 Å². The van der Waals surface area contributed by atoms with Gasteiger partial charge in [-0.2, -0.15) is 5.10 Å². The summed E-state index contributed by atoms with van der Waals surface area (Å²) in [6.45, 7) is 6.60. The number of rotatable bonds is 4. The summed E-state index contributed by atoms with van der Waals surface area (Å²) in [7, 11) is 0. The Balaban J connectivity index is 1.61. The van der Waals surface area contributed by atoms with Crippen molar-refractivity contribution in [3.05, 3.63) is 17.5 Å². The largest absolute Gasteiger partial charge is 0.378 e. The first kappa shape index (κ1) is 14.6. The highest BCUT2D eigenvalue weighted by atomic mass is 16.5. The lowest BCUT2D eigenvalue weighted by molar-refractivity contribution is -0.134. The van der Waals surface area contributed by atoms with Crippen molar-refractivity contribution in [1.82, 2.24) is 14.7 Å². The predicted molar refractivity (Wildman–Crippen MR) is 80.0 cm³/mol. The molecule has 5 nitrogen and oxygen atoms in total. The number of hydrogen-bond donors (Lipinski definition) is 0. The molecule has 0 radical (unpaired) electrons. The van der Waals surface area contributed by atoms with Gasteiger partial charge in [-0.3, -0.25) is 9.48 Å². The maximum absolute atomic E-state index is 12.5. The molecule has 2 aliphatic heterocycles. The van der Waals surface area contributed by atoms with E-state index in [1.807, 2.05) is 11.6 Å². The maximum Gasteiger partial charge on any atom is 0.225 e. The summed E-state index contributed by atoms with van der Waals surface area (Å²) < 4.78 is 7.63. The Labute approximate surface area is 126 Å². The first-order valence-electron chi connectivity index (χ1n) is 8.05. The standard InChI is InChI=1S/C16H25N3O2/c1-12-9-13(2)19(17-12)11-14-5-3-7-18(14)16(20)10-15-6-4-8-21-15/h9,14-15H,3-8,10-11H2,1-2H3/t14-,15+/m1/s1. The van der Waals surface area contributed by atoms with E-state index in [0.29, 0.717) is 6.42 Å². The van der Waals surface area contributed by atoms with E-state index in [-0.39, 0.29) is 18.1 Å². The van der Waals surface area contributed by atoms with E-state index >= 15 is 0 Å². The van der Waals surface area contributed by atoms with Gasteiger partial charge < -0.3 is 9.64 Å². The minimum absolute atomic E-state index is 0.146. The quantitative estimate of drug-likeness (QED) is 0.853. The van der Waals surface area contributed by atoms with Crippen LogP contribution in [0.4, 0.5) is 0 Å². The van der Waals surface area contributed by atoms with E-state index in [4.69, 9.17) is 4.74 Å². The van der Waals surface area contributed by atoms with Crippen LogP contribution in [-0.2, 0) is 16.1 Å². The molecule has 3 rings (SSSR count). The smallest absolute Gasteiger partial charge is 0.225 e. The van der Waals surface area contributed by atoms with Gasteiger partial charge in [0.15, 0.2) is 0 Å². The highest BCUT2D eigenvalue weighted by Crippen LogP contribution is 2.23. The number of ether oxygens (including phenoxy) is 1. The van der Waals surface area contributed by atoms with Gasteiger partial charge in [-0.25, -0.2) is 0 Å². The molecule has 0 spiro atoms. The summed E-state index contributed by atoms with van der Waals surface area (Å²) in [5, 5.41) is 4.52. The summed E-state index contributed by atoms with van der Waals surface area (Å²) in [6.07, 6.45) is 4.99. The monoisotopic (exact) mass is 291 g/mol. The van der Waals surface area contributed by atoms with E-state index in [1.165, 1.54) is 5.69 Å². The van der Waals surface area contributed by atoms with E-state index in [9.17, 15) is 4.79 Å². The van der Waals surface area contributed by atoms with Crippen molar-refractivity contribution in [2.45, 2.75) is 64.6 Å². The first-order valence-corrected chi connectivity index (χ1v) is 8.05. The second kappa shape index (κ2) is 6.18. The number of carbonyl (C=O) groups is 1. The maximum atomic E-state index is 12.5. The number of aromatic nitrogens is 2. The van der Waals surface area contributed by atoms with Gasteiger partial charge in [0.05, 0.1) is 30.8 Å². The normalized spacial score (nSPS) is 25.7. The molecule has 1 aromatic rings. The van der Waals surface area contributed by atoms with E-state index in [2.05, 4.69) is 23.0 Å². The van der Waals surface area contributed by atoms with Crippen LogP contribution in [-0.4, -0.2) is 45.9 Å². The average Bonchev–Trinajstić information content (AvgIpc) is 3.13. The Morgan fingerprint density at radius 1 is 1.38 bits per heavy atom. The third-order valence-electron chi connectivity index (χ3n) is 4.61. The first-order chi connectivity index (χ1) is 10.1. The van der Waals surface area contributed by atoms with Crippen LogP contribution in [0.5, 0.6) is 0 Å². The van der Waals surface area contributed by atoms with Crippen molar-refractivity contribution in [1.29, 1.82) is 0 Å². The van der Waals surface area contributed by atoms with Crippen LogP contribution in [0.15, 0.2) is 6.07 Å². The van der Waals surface area contributed by atoms with Crippen molar-refractivity contribution in [3.8, 4) is 0 Å². The molecule has 5 heteroatoms. The number of nitrogens with zero attached hydrogens (tertiary/aromatic N) is 3. The lowest BCUT2D eigenvalue weighted by Gasteiger charge is -2.26. The van der Waals surface area contributed by atoms with Gasteiger partial charge in [0.2, 0.25) is 5.91 Å². The van der Waals surface area contributed by atoms with Crippen LogP contribution < -0.4 is 0 Å². The van der Waals surface area contributed by atoms with Gasteiger partial charge in [-0.15, -0.1) is 0 Å². The number of amides is 1. The molecule has 0 aromatic carbocycles. The third kappa shape index (κ3) is 3.28. The zero-order valence-electron chi connectivity index (χ0n) is 13.0. The lowest BCUT2D eigenvalue weighted by atomic mass is 10.1. The molecule has 116 valence electrons. The molecule has 0 N–H and O–H groups in total. The highest BCUT2D eigenvalue weighted by Gasteiger charge is 2.31. The van der Waals surface area contributed by atoms with Crippen molar-refractivity contribution < 1.29 is 9.53 Å². The van der Waals surface area contributed by atoms with Crippen LogP contribution in [0.1, 0.15) is 43.5 Å². The van der Waals surface area contributed by atoms with Gasteiger partial charge in [0.25, 0.3) is 0 Å². The van der Waals surface area contributed by atoms with Crippen LogP contribution in [0.2, 0.25) is 0 Å². The Morgan fingerprint density at radius 3 is 2.90 bits per heavy atom. The Hall–Kier alpha value is -1.36. The van der Waals surface area contributed by atoms with Gasteiger partial charge in [-0.1, -0.05) is 0 Å². The fourth-order valence-electron chi connectivity index (χ4n) is 3.53. The highest BCUT2D eigenvalue weighted by molar-refractivity contribution is 5.77. The van der Waals surface area contributed by atoms with Crippen LogP contribution >= 0.6 is 0 Å². The molecule has 2 fully saturated rings. The van der Waals surface area contributed by atoms with Gasteiger partial charge in [-0.05, 0) is 45.6 Å². The average molecular weight is 291 g/mol. The summed E-state index contributed by atoms with van der Waals surface area (Å²) in [5.74, 6) is 0.255. The lowest BCUT2D eigenvalue weighted by Crippen LogP contribution is -2.39. The second-order valence-electron chi connectivity index (χ2n) is 6.33. The van der Waals surface area contributed by atoms with Crippen molar-refractivity contribution in [2.24, 2.45) is 0 Å². The zero-order chi connectivity index (χ0) is 14.8. The molecule has 2 aliphatic rings. The molecule has 0 saturated carbocycles. The van der Waals surface area contributed by atoms with Crippen LogP contribution in [0.3, 0.4) is 0 Å². The SMILES string of the molecule is Cc1cc(C)n(C[C@H]2CCCN2C(=O)C[C@@H]2CCCO2)n1. The van der Waals surface area contributed by atoms with Crippen molar-refractivity contribution in [3.63, 3.8) is 0 Å². The summed E-state index contributed by atoms with van der Waals surface area (Å²) >= 11 is 0. The van der Waals surface area contributed by atoms with Gasteiger partial charge in [0, 0.05) is 18.8 Å². The Kier molecular flexibility index (Phi) is 4.29. The molecule has 3 heterocycles. The van der Waals surface area contributed by atoms with Gasteiger partial charge >= 0.3 is 0 Å². The fourth-order valence-corrected chi connectivity index (χ4v) is 3.53. The Bertz CT molecular complexity index is 506. The summed E-state index contributed by atoms with van der Waals surface area (Å²) in [5.41, 5.74) is 2.22. The summed E-state index contributed by atoms with van der Waals surface area (Å²) in [6, 6.07) is 2.38. The van der Waals surface area contributed by atoms with Crippen molar-refractivity contribution in [2.75, 3.05) is 13.2 Å². The molecule has 1 aromatic heterocycles. The molecule has 0 bridgehead atoms. The molecule has 0 unspecified atom stereocenters. The summed E-state index contributed by atoms with van der Waals surface area (Å²) in [4.78, 5) is 14.6. The van der Waals surface area contributed by atoms with Crippen LogP contribution in [0, 0.1) is 13.8 Å². The number of likely N-dealkylation sites (tertiary alicyclic amines) is 1. The zero-order valence-corrected chi connectivity index (χ0v) is 13.0. The van der Waals surface area contributed by atoms with Crippen LogP contribution in [0.25, 0.3) is 0 Å². The molecule has 2 saturated heterocycles. The number of hydrogen-bond acceptors (Lipinski definition) is 3. The van der Waals surface area contributed by atoms with E-state index in [1.54, 1.807) is 0 Å². The molecule has 2 atom stereocenters. The number of carbonyl (C=O) groups excluding carboxylic acids is 1. The minimum Gasteiger partial charge on any atom is -0.378 e. The molecule has 1 amide bonds.